The van der Waals surface area contributed by atoms with Crippen molar-refractivity contribution in [1.29, 1.82) is 5.26 Å². The molecule has 2 aromatic heterocycles. The molecule has 0 bridgehead atoms. The predicted molar refractivity (Wildman–Crippen MR) is 119 cm³/mol. The zero-order valence-corrected chi connectivity index (χ0v) is 18.5. The van der Waals surface area contributed by atoms with Gasteiger partial charge in [0, 0.05) is 12.0 Å². The molecule has 9 heteroatoms. The van der Waals surface area contributed by atoms with E-state index in [9.17, 15) is 14.9 Å². The number of fused-ring (bicyclic) bond motifs is 1. The van der Waals surface area contributed by atoms with E-state index in [1.54, 1.807) is 40.9 Å². The van der Waals surface area contributed by atoms with Crippen molar-refractivity contribution in [3.63, 3.8) is 0 Å². The number of anilines is 1. The zero-order chi connectivity index (χ0) is 23.4. The van der Waals surface area contributed by atoms with E-state index in [-0.39, 0.29) is 30.5 Å². The third-order valence-electron chi connectivity index (χ3n) is 5.51. The molecular weight excluding hydrogens is 422 g/mol. The van der Waals surface area contributed by atoms with E-state index < -0.39 is 5.60 Å². The molecule has 0 radical (unpaired) electrons. The number of ether oxygens (including phenoxy) is 2. The van der Waals surface area contributed by atoms with Crippen molar-refractivity contribution in [2.75, 3.05) is 11.9 Å². The van der Waals surface area contributed by atoms with Gasteiger partial charge >= 0.3 is 5.97 Å². The molecule has 0 saturated carbocycles. The fraction of sp³-hybridized carbons (Fsp3) is 0.375. The molecule has 2 atom stereocenters. The van der Waals surface area contributed by atoms with Crippen LogP contribution in [0.3, 0.4) is 0 Å². The van der Waals surface area contributed by atoms with Gasteiger partial charge in [-0.2, -0.15) is 10.4 Å². The number of hydrogen-bond acceptors (Lipinski definition) is 7. The van der Waals surface area contributed by atoms with Gasteiger partial charge in [0.2, 0.25) is 0 Å². The first kappa shape index (κ1) is 22.4. The maximum absolute atomic E-state index is 12.6. The van der Waals surface area contributed by atoms with Crippen LogP contribution in [0.25, 0.3) is 5.52 Å². The molecule has 3 aromatic rings. The molecule has 33 heavy (non-hydrogen) atoms. The summed E-state index contributed by atoms with van der Waals surface area (Å²) in [6.45, 7) is 4.00. The molecule has 1 fully saturated rings. The third-order valence-corrected chi connectivity index (χ3v) is 5.51. The van der Waals surface area contributed by atoms with Gasteiger partial charge in [-0.1, -0.05) is 32.0 Å². The minimum atomic E-state index is -1.24. The largest absolute Gasteiger partial charge is 0.463 e. The summed E-state index contributed by atoms with van der Waals surface area (Å²) in [7, 11) is 0. The first-order chi connectivity index (χ1) is 15.9. The van der Waals surface area contributed by atoms with Gasteiger partial charge in [0.05, 0.1) is 11.8 Å². The summed E-state index contributed by atoms with van der Waals surface area (Å²) in [6.07, 6.45) is 2.28. The second-order valence-electron chi connectivity index (χ2n) is 8.44. The first-order valence-corrected chi connectivity index (χ1v) is 10.9. The van der Waals surface area contributed by atoms with Gasteiger partial charge in [0.15, 0.2) is 11.4 Å². The van der Waals surface area contributed by atoms with Gasteiger partial charge in [0.25, 0.3) is 5.91 Å². The normalized spacial score (nSPS) is 20.0. The molecule has 1 saturated heterocycles. The molecule has 1 aliphatic heterocycles. The fourth-order valence-electron chi connectivity index (χ4n) is 3.90. The van der Waals surface area contributed by atoms with Crippen LogP contribution in [0.2, 0.25) is 0 Å². The van der Waals surface area contributed by atoms with E-state index in [1.165, 1.54) is 6.33 Å². The highest BCUT2D eigenvalue weighted by molar-refractivity contribution is 6.05. The summed E-state index contributed by atoms with van der Waals surface area (Å²) in [5.74, 6) is -0.0315. The Labute approximate surface area is 191 Å². The van der Waals surface area contributed by atoms with Crippen molar-refractivity contribution in [2.24, 2.45) is 5.92 Å². The maximum atomic E-state index is 12.6. The summed E-state index contributed by atoms with van der Waals surface area (Å²) in [4.78, 5) is 28.7. The van der Waals surface area contributed by atoms with E-state index in [4.69, 9.17) is 9.47 Å². The van der Waals surface area contributed by atoms with Gasteiger partial charge in [-0.3, -0.25) is 9.59 Å². The molecule has 1 N–H and O–H groups in total. The lowest BCUT2D eigenvalue weighted by atomic mass is 9.98. The molecule has 1 aromatic carbocycles. The smallest absolute Gasteiger partial charge is 0.306 e. The van der Waals surface area contributed by atoms with Crippen LogP contribution >= 0.6 is 0 Å². The standard InChI is InChI=1S/C24H25N5O4/c1-16(2)12-21(30)32-13-18-10-11-24(14-25,33-18)20-9-8-19-22(26-15-27-29(19)20)28-23(31)17-6-4-3-5-7-17/h3-9,15-16,18H,10-13H2,1-2H3,(H,26,27,28,31). The molecule has 3 heterocycles. The van der Waals surface area contributed by atoms with Crippen molar-refractivity contribution < 1.29 is 19.1 Å². The summed E-state index contributed by atoms with van der Waals surface area (Å²) < 4.78 is 13.0. The molecule has 9 nitrogen and oxygen atoms in total. The number of hydrogen-bond donors (Lipinski definition) is 1. The molecule has 0 spiro atoms. The van der Waals surface area contributed by atoms with Gasteiger partial charge < -0.3 is 14.8 Å². The highest BCUT2D eigenvalue weighted by atomic mass is 16.6. The van der Waals surface area contributed by atoms with E-state index in [1.807, 2.05) is 19.9 Å². The third kappa shape index (κ3) is 4.71. The predicted octanol–water partition coefficient (Wildman–Crippen LogP) is 3.47. The average molecular weight is 447 g/mol. The molecule has 170 valence electrons. The molecule has 4 rings (SSSR count). The minimum absolute atomic E-state index is 0.103. The van der Waals surface area contributed by atoms with Crippen molar-refractivity contribution >= 4 is 23.2 Å². The number of nitrogens with one attached hydrogen (secondary N) is 1. The number of nitriles is 1. The quantitative estimate of drug-likeness (QED) is 0.551. The number of rotatable bonds is 7. The van der Waals surface area contributed by atoms with Crippen molar-refractivity contribution in [3.8, 4) is 6.07 Å². The second-order valence-corrected chi connectivity index (χ2v) is 8.44. The van der Waals surface area contributed by atoms with Crippen molar-refractivity contribution in [2.45, 2.75) is 44.8 Å². The lowest BCUT2D eigenvalue weighted by Crippen LogP contribution is -2.29. The lowest BCUT2D eigenvalue weighted by Gasteiger charge is -2.22. The number of carbonyl (C=O) groups is 2. The highest BCUT2D eigenvalue weighted by Gasteiger charge is 2.45. The maximum Gasteiger partial charge on any atom is 0.306 e. The summed E-state index contributed by atoms with van der Waals surface area (Å²) in [5, 5.41) is 17.1. The van der Waals surface area contributed by atoms with Crippen LogP contribution in [-0.4, -0.2) is 39.2 Å². The first-order valence-electron chi connectivity index (χ1n) is 10.9. The number of esters is 1. The summed E-state index contributed by atoms with van der Waals surface area (Å²) in [5.41, 5.74) is 0.343. The number of carbonyl (C=O) groups excluding carboxylic acids is 2. The van der Waals surface area contributed by atoms with E-state index >= 15 is 0 Å². The second kappa shape index (κ2) is 9.38. The van der Waals surface area contributed by atoms with Crippen LogP contribution in [0.4, 0.5) is 5.82 Å². The number of amides is 1. The van der Waals surface area contributed by atoms with Gasteiger partial charge in [-0.15, -0.1) is 0 Å². The van der Waals surface area contributed by atoms with Crippen molar-refractivity contribution in [1.82, 2.24) is 14.6 Å². The van der Waals surface area contributed by atoms with Crippen molar-refractivity contribution in [3.05, 3.63) is 60.0 Å². The molecule has 2 unspecified atom stereocenters. The van der Waals surface area contributed by atoms with E-state index in [0.29, 0.717) is 41.9 Å². The van der Waals surface area contributed by atoms with Crippen LogP contribution in [-0.2, 0) is 19.9 Å². The summed E-state index contributed by atoms with van der Waals surface area (Å²) >= 11 is 0. The topological polar surface area (TPSA) is 119 Å². The lowest BCUT2D eigenvalue weighted by molar-refractivity contribution is -0.149. The Morgan fingerprint density at radius 2 is 2.09 bits per heavy atom. The van der Waals surface area contributed by atoms with Crippen LogP contribution < -0.4 is 5.32 Å². The molecule has 1 amide bonds. The average Bonchev–Trinajstić information content (AvgIpc) is 3.43. The van der Waals surface area contributed by atoms with Crippen LogP contribution in [0.5, 0.6) is 0 Å². The number of benzene rings is 1. The number of aromatic nitrogens is 3. The monoisotopic (exact) mass is 447 g/mol. The Morgan fingerprint density at radius 1 is 1.30 bits per heavy atom. The summed E-state index contributed by atoms with van der Waals surface area (Å²) in [6, 6.07) is 14.6. The van der Waals surface area contributed by atoms with E-state index in [0.717, 1.165) is 0 Å². The van der Waals surface area contributed by atoms with E-state index in [2.05, 4.69) is 21.5 Å². The van der Waals surface area contributed by atoms with Gasteiger partial charge in [-0.05, 0) is 43.0 Å². The van der Waals surface area contributed by atoms with Crippen LogP contribution in [0, 0.1) is 17.2 Å². The van der Waals surface area contributed by atoms with Crippen LogP contribution in [0.1, 0.15) is 49.2 Å². The Morgan fingerprint density at radius 3 is 2.82 bits per heavy atom. The molecular formula is C24H25N5O4. The Hall–Kier alpha value is -3.77. The van der Waals surface area contributed by atoms with Crippen LogP contribution in [0.15, 0.2) is 48.8 Å². The number of nitrogens with zero attached hydrogens (tertiary/aromatic N) is 4. The Bertz CT molecular complexity index is 1200. The zero-order valence-electron chi connectivity index (χ0n) is 18.5. The van der Waals surface area contributed by atoms with Gasteiger partial charge in [-0.25, -0.2) is 9.50 Å². The molecule has 1 aliphatic rings. The highest BCUT2D eigenvalue weighted by Crippen LogP contribution is 2.40. The minimum Gasteiger partial charge on any atom is -0.463 e. The fourth-order valence-corrected chi connectivity index (χ4v) is 3.90. The Balaban J connectivity index is 1.53. The SMILES string of the molecule is CC(C)CC(=O)OCC1CCC(C#N)(c2ccc3c(NC(=O)c4ccccc4)ncnn23)O1. The van der Waals surface area contributed by atoms with Gasteiger partial charge in [0.1, 0.15) is 24.5 Å². The Kier molecular flexibility index (Phi) is 6.38. The molecule has 0 aliphatic carbocycles.